The van der Waals surface area contributed by atoms with Crippen molar-refractivity contribution in [3.63, 3.8) is 0 Å². The highest BCUT2D eigenvalue weighted by molar-refractivity contribution is 6.32. The number of hydrogen-bond donors (Lipinski definition) is 1. The molecular formula is C15H16ClNO2. The lowest BCUT2D eigenvalue weighted by atomic mass is 10.1. The third-order valence-corrected chi connectivity index (χ3v) is 3.48. The van der Waals surface area contributed by atoms with Gasteiger partial charge in [0.25, 0.3) is 0 Å². The van der Waals surface area contributed by atoms with E-state index >= 15 is 0 Å². The van der Waals surface area contributed by atoms with E-state index in [9.17, 15) is 9.90 Å². The summed E-state index contributed by atoms with van der Waals surface area (Å²) >= 11 is 6.32. The summed E-state index contributed by atoms with van der Waals surface area (Å²) in [6.07, 6.45) is 2.41. The van der Waals surface area contributed by atoms with Gasteiger partial charge in [0.1, 0.15) is 0 Å². The van der Waals surface area contributed by atoms with Crippen LogP contribution in [0.3, 0.4) is 0 Å². The maximum Gasteiger partial charge on any atom is 0.337 e. The van der Waals surface area contributed by atoms with Crippen LogP contribution < -0.4 is 0 Å². The summed E-state index contributed by atoms with van der Waals surface area (Å²) in [5.74, 6) is -0.906. The number of rotatable bonds is 3. The molecule has 2 rings (SSSR count). The molecule has 0 atom stereocenters. The first kappa shape index (κ1) is 13.7. The lowest BCUT2D eigenvalue weighted by molar-refractivity contribution is 0.0696. The van der Waals surface area contributed by atoms with Crippen molar-refractivity contribution in [2.75, 3.05) is 0 Å². The van der Waals surface area contributed by atoms with Gasteiger partial charge in [0, 0.05) is 11.9 Å². The second-order valence-electron chi connectivity index (χ2n) is 4.62. The summed E-state index contributed by atoms with van der Waals surface area (Å²) < 4.78 is 1.88. The second-order valence-corrected chi connectivity index (χ2v) is 5.02. The van der Waals surface area contributed by atoms with E-state index in [0.717, 1.165) is 22.5 Å². The molecule has 0 saturated heterocycles. The number of halogens is 1. The van der Waals surface area contributed by atoms with Gasteiger partial charge in [-0.3, -0.25) is 0 Å². The minimum Gasteiger partial charge on any atom is -0.478 e. The van der Waals surface area contributed by atoms with Crippen LogP contribution in [0.4, 0.5) is 0 Å². The average Bonchev–Trinajstić information content (AvgIpc) is 2.71. The number of carboxylic acid groups (broad SMARTS) is 1. The van der Waals surface area contributed by atoms with Gasteiger partial charge >= 0.3 is 5.97 Å². The number of nitrogens with zero attached hydrogens (tertiary/aromatic N) is 1. The van der Waals surface area contributed by atoms with E-state index in [1.165, 1.54) is 0 Å². The van der Waals surface area contributed by atoms with Crippen LogP contribution in [-0.4, -0.2) is 15.6 Å². The molecule has 0 aliphatic heterocycles. The first-order valence-corrected chi connectivity index (χ1v) is 6.54. The molecule has 3 nitrogen and oxygen atoms in total. The summed E-state index contributed by atoms with van der Waals surface area (Å²) in [5.41, 5.74) is 4.08. The van der Waals surface area contributed by atoms with Crippen molar-refractivity contribution >= 4 is 17.6 Å². The summed E-state index contributed by atoms with van der Waals surface area (Å²) in [7, 11) is 0. The first-order valence-electron chi connectivity index (χ1n) is 6.16. The molecule has 0 aliphatic rings. The molecule has 1 aromatic heterocycles. The fourth-order valence-corrected chi connectivity index (χ4v) is 2.86. The van der Waals surface area contributed by atoms with Crippen molar-refractivity contribution < 1.29 is 9.90 Å². The predicted molar refractivity (Wildman–Crippen MR) is 76.6 cm³/mol. The molecule has 0 saturated carbocycles. The second kappa shape index (κ2) is 5.10. The van der Waals surface area contributed by atoms with Crippen LogP contribution in [-0.2, 0) is 6.42 Å². The van der Waals surface area contributed by atoms with E-state index in [4.69, 9.17) is 11.6 Å². The molecule has 0 amide bonds. The van der Waals surface area contributed by atoms with E-state index in [1.807, 2.05) is 37.5 Å². The Balaban J connectivity index is 2.69. The summed E-state index contributed by atoms with van der Waals surface area (Å²) in [6.45, 7) is 5.91. The Kier molecular flexibility index (Phi) is 3.67. The Bertz CT molecular complexity index is 621. The first-order chi connectivity index (χ1) is 8.95. The molecule has 1 N–H and O–H groups in total. The van der Waals surface area contributed by atoms with Crippen LogP contribution >= 0.6 is 11.6 Å². The van der Waals surface area contributed by atoms with Gasteiger partial charge in [-0.15, -0.1) is 0 Å². The zero-order chi connectivity index (χ0) is 14.2. The molecule has 0 aliphatic carbocycles. The van der Waals surface area contributed by atoms with Gasteiger partial charge in [-0.25, -0.2) is 4.79 Å². The highest BCUT2D eigenvalue weighted by Crippen LogP contribution is 2.29. The maximum absolute atomic E-state index is 11.2. The highest BCUT2D eigenvalue weighted by Gasteiger charge is 2.17. The smallest absolute Gasteiger partial charge is 0.337 e. The topological polar surface area (TPSA) is 42.2 Å². The zero-order valence-electron chi connectivity index (χ0n) is 11.2. The normalized spacial score (nSPS) is 10.7. The number of carboxylic acids is 1. The minimum absolute atomic E-state index is 0.332. The Morgan fingerprint density at radius 1 is 1.37 bits per heavy atom. The van der Waals surface area contributed by atoms with Crippen LogP contribution in [0.1, 0.15) is 34.1 Å². The molecule has 19 heavy (non-hydrogen) atoms. The number of aromatic nitrogens is 1. The molecule has 4 heteroatoms. The molecule has 2 aromatic rings. The fraction of sp³-hybridized carbons (Fsp3) is 0.267. The Hall–Kier alpha value is -1.74. The largest absolute Gasteiger partial charge is 0.478 e. The van der Waals surface area contributed by atoms with Gasteiger partial charge in [-0.2, -0.15) is 0 Å². The maximum atomic E-state index is 11.2. The molecule has 0 spiro atoms. The SMILES string of the molecule is CCc1c(C(=O)O)ccn1-c1c(C)cc(C)cc1Cl. The van der Waals surface area contributed by atoms with Gasteiger partial charge in [-0.05, 0) is 43.5 Å². The van der Waals surface area contributed by atoms with Gasteiger partial charge in [0.05, 0.1) is 16.3 Å². The summed E-state index contributed by atoms with van der Waals surface area (Å²) in [6, 6.07) is 5.56. The van der Waals surface area contributed by atoms with E-state index in [-0.39, 0.29) is 0 Å². The number of benzene rings is 1. The van der Waals surface area contributed by atoms with E-state index in [0.29, 0.717) is 17.0 Å². The van der Waals surface area contributed by atoms with Crippen LogP contribution in [0.25, 0.3) is 5.69 Å². The predicted octanol–water partition coefficient (Wildman–Crippen LogP) is 4.01. The van der Waals surface area contributed by atoms with Crippen molar-refractivity contribution in [1.82, 2.24) is 4.57 Å². The third kappa shape index (κ3) is 2.38. The average molecular weight is 278 g/mol. The van der Waals surface area contributed by atoms with Gasteiger partial charge in [-0.1, -0.05) is 24.6 Å². The van der Waals surface area contributed by atoms with Crippen molar-refractivity contribution in [3.05, 3.63) is 51.8 Å². The summed E-state index contributed by atoms with van der Waals surface area (Å²) in [4.78, 5) is 11.2. The molecule has 0 bridgehead atoms. The monoisotopic (exact) mass is 277 g/mol. The van der Waals surface area contributed by atoms with Crippen LogP contribution in [0, 0.1) is 13.8 Å². The molecule has 100 valence electrons. The number of aromatic carboxylic acids is 1. The molecule has 0 fully saturated rings. The van der Waals surface area contributed by atoms with Gasteiger partial charge in [0.2, 0.25) is 0 Å². The third-order valence-electron chi connectivity index (χ3n) is 3.20. The molecule has 1 aromatic carbocycles. The Morgan fingerprint density at radius 2 is 2.05 bits per heavy atom. The highest BCUT2D eigenvalue weighted by atomic mass is 35.5. The van der Waals surface area contributed by atoms with Crippen LogP contribution in [0.5, 0.6) is 0 Å². The number of aryl methyl sites for hydroxylation is 2. The van der Waals surface area contributed by atoms with Gasteiger partial charge < -0.3 is 9.67 Å². The van der Waals surface area contributed by atoms with Crippen molar-refractivity contribution in [2.24, 2.45) is 0 Å². The fourth-order valence-electron chi connectivity index (χ4n) is 2.44. The minimum atomic E-state index is -0.906. The Labute approximate surface area is 117 Å². The van der Waals surface area contributed by atoms with Crippen LogP contribution in [0.15, 0.2) is 24.4 Å². The molecule has 0 radical (unpaired) electrons. The van der Waals surface area contributed by atoms with Gasteiger partial charge in [0.15, 0.2) is 0 Å². The van der Waals surface area contributed by atoms with Crippen LogP contribution in [0.2, 0.25) is 5.02 Å². The van der Waals surface area contributed by atoms with E-state index in [2.05, 4.69) is 0 Å². The lowest BCUT2D eigenvalue weighted by Crippen LogP contribution is -2.06. The summed E-state index contributed by atoms with van der Waals surface area (Å²) in [5, 5.41) is 9.83. The van der Waals surface area contributed by atoms with Crippen molar-refractivity contribution in [3.8, 4) is 5.69 Å². The van der Waals surface area contributed by atoms with E-state index < -0.39 is 5.97 Å². The van der Waals surface area contributed by atoms with Crippen molar-refractivity contribution in [2.45, 2.75) is 27.2 Å². The molecule has 0 unspecified atom stereocenters. The molecular weight excluding hydrogens is 262 g/mol. The van der Waals surface area contributed by atoms with Crippen molar-refractivity contribution in [1.29, 1.82) is 0 Å². The Morgan fingerprint density at radius 3 is 2.58 bits per heavy atom. The number of carbonyl (C=O) groups is 1. The zero-order valence-corrected chi connectivity index (χ0v) is 12.0. The quantitative estimate of drug-likeness (QED) is 0.921. The molecule has 1 heterocycles. The lowest BCUT2D eigenvalue weighted by Gasteiger charge is -2.14. The van der Waals surface area contributed by atoms with E-state index in [1.54, 1.807) is 12.3 Å². The number of hydrogen-bond acceptors (Lipinski definition) is 1. The standard InChI is InChI=1S/C15H16ClNO2/c1-4-13-11(15(18)19)5-6-17(13)14-10(3)7-9(2)8-12(14)16/h5-8H,4H2,1-3H3,(H,18,19).